The number of carbonyl (C=O) groups is 2. The van der Waals surface area contributed by atoms with Crippen molar-refractivity contribution in [3.8, 4) is 5.75 Å². The lowest BCUT2D eigenvalue weighted by Gasteiger charge is -2.07. The number of carbonyl (C=O) groups excluding carboxylic acids is 2. The summed E-state index contributed by atoms with van der Waals surface area (Å²) in [6.07, 6.45) is 1.49. The molecule has 2 amide bonds. The van der Waals surface area contributed by atoms with Crippen LogP contribution in [0.15, 0.2) is 82.4 Å². The van der Waals surface area contributed by atoms with E-state index in [1.165, 1.54) is 30.5 Å². The van der Waals surface area contributed by atoms with E-state index in [2.05, 4.69) is 31.8 Å². The Morgan fingerprint density at radius 3 is 2.38 bits per heavy atom. The number of halogens is 1. The number of hydrazone groups is 1. The first-order valence-electron chi connectivity index (χ1n) is 9.27. The van der Waals surface area contributed by atoms with Gasteiger partial charge in [-0.25, -0.2) is 5.43 Å². The van der Waals surface area contributed by atoms with Gasteiger partial charge in [0.15, 0.2) is 6.61 Å². The van der Waals surface area contributed by atoms with Crippen molar-refractivity contribution in [3.63, 3.8) is 0 Å². The first kappa shape index (κ1) is 22.6. The van der Waals surface area contributed by atoms with Crippen LogP contribution in [0.2, 0.25) is 0 Å². The Bertz CT molecular complexity index is 1150. The normalized spacial score (nSPS) is 10.5. The molecule has 0 saturated heterocycles. The lowest BCUT2D eigenvalue weighted by atomic mass is 10.2. The van der Waals surface area contributed by atoms with Gasteiger partial charge in [-0.3, -0.25) is 19.7 Å². The molecule has 32 heavy (non-hydrogen) atoms. The van der Waals surface area contributed by atoms with Crippen LogP contribution < -0.4 is 15.5 Å². The molecule has 0 aliphatic rings. The van der Waals surface area contributed by atoms with Gasteiger partial charge >= 0.3 is 0 Å². The second-order valence-electron chi connectivity index (χ2n) is 6.39. The van der Waals surface area contributed by atoms with E-state index >= 15 is 0 Å². The van der Waals surface area contributed by atoms with Crippen molar-refractivity contribution >= 4 is 45.3 Å². The molecule has 0 aromatic heterocycles. The molecule has 3 aromatic carbocycles. The number of nitro groups is 1. The van der Waals surface area contributed by atoms with Crippen molar-refractivity contribution < 1.29 is 19.2 Å². The zero-order chi connectivity index (χ0) is 22.9. The minimum Gasteiger partial charge on any atom is -0.484 e. The predicted octanol–water partition coefficient (Wildman–Crippen LogP) is 4.14. The first-order valence-corrected chi connectivity index (χ1v) is 10.1. The summed E-state index contributed by atoms with van der Waals surface area (Å²) in [6, 6.07) is 19.3. The third-order valence-electron chi connectivity index (χ3n) is 4.11. The van der Waals surface area contributed by atoms with Crippen molar-refractivity contribution in [2.75, 3.05) is 11.9 Å². The number of nitrogens with zero attached hydrogens (tertiary/aromatic N) is 2. The average Bonchev–Trinajstić information content (AvgIpc) is 2.79. The quantitative estimate of drug-likeness (QED) is 0.275. The number of nitro benzene ring substituents is 1. The number of anilines is 1. The van der Waals surface area contributed by atoms with Crippen LogP contribution >= 0.6 is 15.9 Å². The predicted molar refractivity (Wildman–Crippen MR) is 123 cm³/mol. The largest absolute Gasteiger partial charge is 0.484 e. The van der Waals surface area contributed by atoms with Crippen LogP contribution in [0, 0.1) is 10.1 Å². The second-order valence-corrected chi connectivity index (χ2v) is 7.24. The lowest BCUT2D eigenvalue weighted by Crippen LogP contribution is -2.20. The lowest BCUT2D eigenvalue weighted by molar-refractivity contribution is -0.384. The molecular weight excluding hydrogens is 480 g/mol. The Labute approximate surface area is 191 Å². The summed E-state index contributed by atoms with van der Waals surface area (Å²) in [4.78, 5) is 34.2. The maximum Gasteiger partial charge on any atom is 0.272 e. The molecule has 162 valence electrons. The smallest absolute Gasteiger partial charge is 0.272 e. The highest BCUT2D eigenvalue weighted by molar-refractivity contribution is 9.10. The minimum absolute atomic E-state index is 0.0598. The number of nitrogens with one attached hydrogen (secondary N) is 2. The van der Waals surface area contributed by atoms with E-state index in [0.717, 1.165) is 5.56 Å². The van der Waals surface area contributed by atoms with E-state index in [9.17, 15) is 19.7 Å². The fraction of sp³-hybridized carbons (Fsp3) is 0.0455. The Kier molecular flexibility index (Phi) is 7.65. The van der Waals surface area contributed by atoms with E-state index in [1.54, 1.807) is 42.5 Å². The topological polar surface area (TPSA) is 123 Å². The van der Waals surface area contributed by atoms with Crippen molar-refractivity contribution in [3.05, 3.63) is 98.5 Å². The monoisotopic (exact) mass is 496 g/mol. The molecule has 3 aromatic rings. The van der Waals surface area contributed by atoms with Gasteiger partial charge in [0.1, 0.15) is 5.75 Å². The number of hydrogen-bond acceptors (Lipinski definition) is 6. The van der Waals surface area contributed by atoms with Crippen LogP contribution in [-0.4, -0.2) is 29.6 Å². The third kappa shape index (κ3) is 6.47. The summed E-state index contributed by atoms with van der Waals surface area (Å²) < 4.78 is 6.10. The number of amides is 2. The van der Waals surface area contributed by atoms with E-state index in [-0.39, 0.29) is 18.2 Å². The Morgan fingerprint density at radius 2 is 1.72 bits per heavy atom. The van der Waals surface area contributed by atoms with E-state index in [0.29, 0.717) is 21.5 Å². The summed E-state index contributed by atoms with van der Waals surface area (Å²) in [5.41, 5.74) is 4.02. The third-order valence-corrected chi connectivity index (χ3v) is 4.80. The van der Waals surface area contributed by atoms with Gasteiger partial charge in [-0.05, 0) is 70.0 Å². The van der Waals surface area contributed by atoms with Gasteiger partial charge in [-0.2, -0.15) is 5.10 Å². The summed E-state index contributed by atoms with van der Waals surface area (Å²) in [5.74, 6) is -0.273. The van der Waals surface area contributed by atoms with Gasteiger partial charge in [-0.1, -0.05) is 12.1 Å². The maximum atomic E-state index is 12.1. The maximum absolute atomic E-state index is 12.1. The van der Waals surface area contributed by atoms with Crippen LogP contribution in [0.1, 0.15) is 15.9 Å². The molecule has 0 aliphatic heterocycles. The SMILES string of the molecule is O=C(COc1ccc(C=NNC(=O)c2ccccc2Br)cc1)Nc1ccc([N+](=O)[O-])cc1. The Balaban J connectivity index is 1.46. The fourth-order valence-corrected chi connectivity index (χ4v) is 3.00. The Morgan fingerprint density at radius 1 is 1.03 bits per heavy atom. The molecule has 9 nitrogen and oxygen atoms in total. The van der Waals surface area contributed by atoms with Gasteiger partial charge in [0.25, 0.3) is 17.5 Å². The standard InChI is InChI=1S/C22H17BrN4O5/c23-20-4-2-1-3-19(20)22(29)26-24-13-15-5-11-18(12-6-15)32-14-21(28)25-16-7-9-17(10-8-16)27(30)31/h1-13H,14H2,(H,25,28)(H,26,29). The van der Waals surface area contributed by atoms with Crippen LogP contribution in [0.25, 0.3) is 0 Å². The van der Waals surface area contributed by atoms with Crippen molar-refractivity contribution in [1.29, 1.82) is 0 Å². The zero-order valence-corrected chi connectivity index (χ0v) is 18.1. The molecule has 3 rings (SSSR count). The molecule has 0 unspecified atom stereocenters. The molecule has 2 N–H and O–H groups in total. The van der Waals surface area contributed by atoms with Crippen LogP contribution in [0.5, 0.6) is 5.75 Å². The second kappa shape index (κ2) is 10.8. The number of ether oxygens (including phenoxy) is 1. The molecule has 0 bridgehead atoms. The van der Waals surface area contributed by atoms with Crippen LogP contribution in [0.4, 0.5) is 11.4 Å². The van der Waals surface area contributed by atoms with Crippen LogP contribution in [0.3, 0.4) is 0 Å². The van der Waals surface area contributed by atoms with Gasteiger partial charge < -0.3 is 10.1 Å². The van der Waals surface area contributed by atoms with Gasteiger partial charge in [-0.15, -0.1) is 0 Å². The number of rotatable bonds is 8. The fourth-order valence-electron chi connectivity index (χ4n) is 2.53. The molecule has 0 radical (unpaired) electrons. The number of benzene rings is 3. The van der Waals surface area contributed by atoms with E-state index in [1.807, 2.05) is 6.07 Å². The molecule has 0 saturated carbocycles. The highest BCUT2D eigenvalue weighted by Gasteiger charge is 2.08. The highest BCUT2D eigenvalue weighted by Crippen LogP contribution is 2.17. The van der Waals surface area contributed by atoms with E-state index < -0.39 is 10.8 Å². The first-order chi connectivity index (χ1) is 15.4. The summed E-state index contributed by atoms with van der Waals surface area (Å²) in [7, 11) is 0. The average molecular weight is 497 g/mol. The molecule has 10 heteroatoms. The number of hydrogen-bond donors (Lipinski definition) is 2. The Hall–Kier alpha value is -4.05. The van der Waals surface area contributed by atoms with Gasteiger partial charge in [0.05, 0.1) is 16.7 Å². The molecule has 0 aliphatic carbocycles. The summed E-state index contributed by atoms with van der Waals surface area (Å²) in [6.45, 7) is -0.230. The van der Waals surface area contributed by atoms with Crippen molar-refractivity contribution in [2.24, 2.45) is 5.10 Å². The highest BCUT2D eigenvalue weighted by atomic mass is 79.9. The summed E-state index contributed by atoms with van der Waals surface area (Å²) in [5, 5.41) is 17.2. The zero-order valence-electron chi connectivity index (χ0n) is 16.5. The minimum atomic E-state index is -0.515. The molecule has 0 atom stereocenters. The van der Waals surface area contributed by atoms with Crippen molar-refractivity contribution in [2.45, 2.75) is 0 Å². The number of non-ortho nitro benzene ring substituents is 1. The molecule has 0 spiro atoms. The van der Waals surface area contributed by atoms with E-state index in [4.69, 9.17) is 4.74 Å². The molecule has 0 heterocycles. The summed E-state index contributed by atoms with van der Waals surface area (Å²) >= 11 is 3.31. The van der Waals surface area contributed by atoms with Crippen LogP contribution in [-0.2, 0) is 4.79 Å². The van der Waals surface area contributed by atoms with Gasteiger partial charge in [0.2, 0.25) is 0 Å². The van der Waals surface area contributed by atoms with Gasteiger partial charge in [0, 0.05) is 22.3 Å². The van der Waals surface area contributed by atoms with Crippen molar-refractivity contribution in [1.82, 2.24) is 5.43 Å². The molecule has 0 fully saturated rings. The molecular formula is C22H17BrN4O5.